The molecule has 118 valence electrons. The molecule has 1 N–H and O–H groups in total. The highest BCUT2D eigenvalue weighted by Gasteiger charge is 2.09. The van der Waals surface area contributed by atoms with Gasteiger partial charge in [0.15, 0.2) is 0 Å². The standard InChI is InChI=1S/C16H28N4O/c1-14(2)10-17-11-15-12-19-16(13-18-15)21-9-8-20-6-4-3-5-7-20/h12-14,17H,3-11H2,1-2H3. The van der Waals surface area contributed by atoms with Crippen molar-refractivity contribution in [1.29, 1.82) is 0 Å². The highest BCUT2D eigenvalue weighted by atomic mass is 16.5. The Hall–Kier alpha value is -1.20. The second-order valence-corrected chi connectivity index (χ2v) is 6.12. The number of likely N-dealkylation sites (tertiary alicyclic amines) is 1. The van der Waals surface area contributed by atoms with E-state index in [1.807, 2.05) is 0 Å². The van der Waals surface area contributed by atoms with E-state index >= 15 is 0 Å². The quantitative estimate of drug-likeness (QED) is 0.795. The van der Waals surface area contributed by atoms with Crippen LogP contribution in [-0.2, 0) is 6.54 Å². The molecule has 0 amide bonds. The molecule has 0 radical (unpaired) electrons. The molecule has 0 saturated carbocycles. The fourth-order valence-corrected chi connectivity index (χ4v) is 2.46. The lowest BCUT2D eigenvalue weighted by Gasteiger charge is -2.25. The van der Waals surface area contributed by atoms with E-state index in [0.717, 1.165) is 25.3 Å². The van der Waals surface area contributed by atoms with Gasteiger partial charge < -0.3 is 10.1 Å². The van der Waals surface area contributed by atoms with Crippen LogP contribution in [0.3, 0.4) is 0 Å². The van der Waals surface area contributed by atoms with Gasteiger partial charge in [0.05, 0.1) is 18.1 Å². The number of aromatic nitrogens is 2. The summed E-state index contributed by atoms with van der Waals surface area (Å²) in [7, 11) is 0. The fraction of sp³-hybridized carbons (Fsp3) is 0.750. The normalized spacial score (nSPS) is 16.3. The first-order valence-corrected chi connectivity index (χ1v) is 8.11. The van der Waals surface area contributed by atoms with E-state index in [2.05, 4.69) is 34.0 Å². The van der Waals surface area contributed by atoms with Gasteiger partial charge in [-0.05, 0) is 38.4 Å². The third-order valence-electron chi connectivity index (χ3n) is 3.65. The first-order valence-electron chi connectivity index (χ1n) is 8.11. The van der Waals surface area contributed by atoms with Crippen LogP contribution in [0.1, 0.15) is 38.8 Å². The number of nitrogens with zero attached hydrogens (tertiary/aromatic N) is 3. The van der Waals surface area contributed by atoms with E-state index in [9.17, 15) is 0 Å². The maximum absolute atomic E-state index is 5.67. The van der Waals surface area contributed by atoms with Gasteiger partial charge in [0, 0.05) is 13.1 Å². The van der Waals surface area contributed by atoms with Gasteiger partial charge in [-0.3, -0.25) is 9.88 Å². The predicted molar refractivity (Wildman–Crippen MR) is 84.4 cm³/mol. The van der Waals surface area contributed by atoms with Gasteiger partial charge in [-0.1, -0.05) is 20.3 Å². The van der Waals surface area contributed by atoms with E-state index in [4.69, 9.17) is 4.74 Å². The van der Waals surface area contributed by atoms with Crippen LogP contribution in [0.25, 0.3) is 0 Å². The first kappa shape index (κ1) is 16.2. The minimum Gasteiger partial charge on any atom is -0.475 e. The highest BCUT2D eigenvalue weighted by molar-refractivity contribution is 5.07. The molecule has 1 aliphatic heterocycles. The smallest absolute Gasteiger partial charge is 0.232 e. The topological polar surface area (TPSA) is 50.3 Å². The molecule has 2 heterocycles. The SMILES string of the molecule is CC(C)CNCc1cnc(OCCN2CCCCC2)cn1. The first-order chi connectivity index (χ1) is 10.2. The third-order valence-corrected chi connectivity index (χ3v) is 3.65. The lowest BCUT2D eigenvalue weighted by molar-refractivity contribution is 0.180. The molecule has 1 fully saturated rings. The van der Waals surface area contributed by atoms with Crippen LogP contribution in [0.5, 0.6) is 5.88 Å². The molecule has 1 aliphatic rings. The van der Waals surface area contributed by atoms with Gasteiger partial charge in [-0.15, -0.1) is 0 Å². The predicted octanol–water partition coefficient (Wildman–Crippen LogP) is 2.09. The molecule has 2 rings (SSSR count). The molecule has 0 unspecified atom stereocenters. The Kier molecular flexibility index (Phi) is 6.89. The summed E-state index contributed by atoms with van der Waals surface area (Å²) < 4.78 is 5.67. The van der Waals surface area contributed by atoms with Crippen molar-refractivity contribution >= 4 is 0 Å². The van der Waals surface area contributed by atoms with Crippen molar-refractivity contribution in [3.63, 3.8) is 0 Å². The zero-order chi connectivity index (χ0) is 14.9. The average molecular weight is 292 g/mol. The van der Waals surface area contributed by atoms with E-state index in [1.54, 1.807) is 12.4 Å². The number of nitrogens with one attached hydrogen (secondary N) is 1. The van der Waals surface area contributed by atoms with Crippen molar-refractivity contribution < 1.29 is 4.74 Å². The van der Waals surface area contributed by atoms with Crippen LogP contribution in [0.2, 0.25) is 0 Å². The number of piperidine rings is 1. The van der Waals surface area contributed by atoms with Crippen molar-refractivity contribution in [3.05, 3.63) is 18.1 Å². The summed E-state index contributed by atoms with van der Waals surface area (Å²) in [5.41, 5.74) is 0.957. The highest BCUT2D eigenvalue weighted by Crippen LogP contribution is 2.09. The number of ether oxygens (including phenoxy) is 1. The minimum absolute atomic E-state index is 0.625. The Labute approximate surface area is 128 Å². The Morgan fingerprint density at radius 1 is 1.19 bits per heavy atom. The molecular formula is C16H28N4O. The van der Waals surface area contributed by atoms with E-state index in [0.29, 0.717) is 18.4 Å². The molecule has 21 heavy (non-hydrogen) atoms. The van der Waals surface area contributed by atoms with Gasteiger partial charge in [-0.25, -0.2) is 4.98 Å². The zero-order valence-electron chi connectivity index (χ0n) is 13.3. The molecule has 1 aromatic rings. The Balaban J connectivity index is 1.64. The van der Waals surface area contributed by atoms with Crippen LogP contribution in [0, 0.1) is 5.92 Å². The summed E-state index contributed by atoms with van der Waals surface area (Å²) in [6.45, 7) is 10.2. The van der Waals surface area contributed by atoms with Gasteiger partial charge in [0.2, 0.25) is 5.88 Å². The second-order valence-electron chi connectivity index (χ2n) is 6.12. The number of rotatable bonds is 8. The Morgan fingerprint density at radius 2 is 2.00 bits per heavy atom. The van der Waals surface area contributed by atoms with E-state index in [-0.39, 0.29) is 0 Å². The van der Waals surface area contributed by atoms with Crippen molar-refractivity contribution in [2.45, 2.75) is 39.7 Å². The van der Waals surface area contributed by atoms with Crippen molar-refractivity contribution in [2.75, 3.05) is 32.8 Å². The lowest BCUT2D eigenvalue weighted by atomic mass is 10.1. The van der Waals surface area contributed by atoms with Crippen molar-refractivity contribution in [2.24, 2.45) is 5.92 Å². The largest absolute Gasteiger partial charge is 0.475 e. The maximum Gasteiger partial charge on any atom is 0.232 e. The maximum atomic E-state index is 5.67. The number of hydrogen-bond donors (Lipinski definition) is 1. The van der Waals surface area contributed by atoms with Crippen LogP contribution < -0.4 is 10.1 Å². The summed E-state index contributed by atoms with van der Waals surface area (Å²) >= 11 is 0. The molecule has 0 aliphatic carbocycles. The molecule has 1 aromatic heterocycles. The molecule has 0 aromatic carbocycles. The molecule has 0 bridgehead atoms. The number of hydrogen-bond acceptors (Lipinski definition) is 5. The zero-order valence-corrected chi connectivity index (χ0v) is 13.3. The van der Waals surface area contributed by atoms with Crippen LogP contribution in [0.4, 0.5) is 0 Å². The lowest BCUT2D eigenvalue weighted by Crippen LogP contribution is -2.33. The third kappa shape index (κ3) is 6.40. The van der Waals surface area contributed by atoms with Gasteiger partial charge >= 0.3 is 0 Å². The summed E-state index contributed by atoms with van der Waals surface area (Å²) in [5, 5.41) is 3.36. The van der Waals surface area contributed by atoms with E-state index in [1.165, 1.54) is 32.4 Å². The average Bonchev–Trinajstić information content (AvgIpc) is 2.50. The second kappa shape index (κ2) is 8.95. The van der Waals surface area contributed by atoms with E-state index < -0.39 is 0 Å². The Bertz CT molecular complexity index is 388. The Morgan fingerprint density at radius 3 is 2.67 bits per heavy atom. The summed E-state index contributed by atoms with van der Waals surface area (Å²) in [6.07, 6.45) is 7.52. The molecule has 5 nitrogen and oxygen atoms in total. The summed E-state index contributed by atoms with van der Waals surface area (Å²) in [4.78, 5) is 11.2. The van der Waals surface area contributed by atoms with Gasteiger partial charge in [0.25, 0.3) is 0 Å². The van der Waals surface area contributed by atoms with Crippen LogP contribution in [0.15, 0.2) is 12.4 Å². The molecule has 0 spiro atoms. The van der Waals surface area contributed by atoms with Gasteiger partial charge in [0.1, 0.15) is 6.61 Å². The van der Waals surface area contributed by atoms with Crippen LogP contribution in [-0.4, -0.2) is 47.7 Å². The molecule has 0 atom stereocenters. The minimum atomic E-state index is 0.625. The van der Waals surface area contributed by atoms with Gasteiger partial charge in [-0.2, -0.15) is 0 Å². The molecule has 1 saturated heterocycles. The van der Waals surface area contributed by atoms with Crippen LogP contribution >= 0.6 is 0 Å². The summed E-state index contributed by atoms with van der Waals surface area (Å²) in [6, 6.07) is 0. The van der Waals surface area contributed by atoms with Crippen molar-refractivity contribution in [1.82, 2.24) is 20.2 Å². The summed E-state index contributed by atoms with van der Waals surface area (Å²) in [5.74, 6) is 1.27. The monoisotopic (exact) mass is 292 g/mol. The molecule has 5 heteroatoms. The van der Waals surface area contributed by atoms with Crippen molar-refractivity contribution in [3.8, 4) is 5.88 Å². The fourth-order valence-electron chi connectivity index (χ4n) is 2.46. The molecular weight excluding hydrogens is 264 g/mol.